The molecule has 3 aromatic rings. The number of carbonyl (C=O) groups is 1. The first kappa shape index (κ1) is 22.0. The number of nitrogens with zero attached hydrogens (tertiary/aromatic N) is 3. The highest BCUT2D eigenvalue weighted by molar-refractivity contribution is 7.89. The molecule has 1 aromatic heterocycles. The Kier molecular flexibility index (Phi) is 6.28. The van der Waals surface area contributed by atoms with Crippen LogP contribution < -0.4 is 5.32 Å². The van der Waals surface area contributed by atoms with Gasteiger partial charge in [-0.05, 0) is 43.2 Å². The molecule has 1 N–H and O–H groups in total. The third-order valence-electron chi connectivity index (χ3n) is 5.33. The Hall–Kier alpha value is -2.71. The van der Waals surface area contributed by atoms with Crippen LogP contribution >= 0.6 is 0 Å². The van der Waals surface area contributed by atoms with Gasteiger partial charge in [0.2, 0.25) is 15.9 Å². The Morgan fingerprint density at radius 3 is 2.57 bits per heavy atom. The van der Waals surface area contributed by atoms with Gasteiger partial charge < -0.3 is 9.88 Å². The number of imidazole rings is 1. The summed E-state index contributed by atoms with van der Waals surface area (Å²) in [4.78, 5) is 17.2. The van der Waals surface area contributed by atoms with E-state index in [1.165, 1.54) is 18.4 Å². The van der Waals surface area contributed by atoms with E-state index >= 15 is 0 Å². The third kappa shape index (κ3) is 4.39. The topological polar surface area (TPSA) is 84.3 Å². The third-order valence-corrected chi connectivity index (χ3v) is 7.14. The van der Waals surface area contributed by atoms with E-state index in [1.807, 2.05) is 49.7 Å². The zero-order chi connectivity index (χ0) is 22.1. The van der Waals surface area contributed by atoms with Gasteiger partial charge in [0.05, 0.1) is 22.0 Å². The summed E-state index contributed by atoms with van der Waals surface area (Å²) in [5.41, 5.74) is 3.67. The lowest BCUT2D eigenvalue weighted by molar-refractivity contribution is -0.121. The smallest absolute Gasteiger partial charge is 0.242 e. The van der Waals surface area contributed by atoms with E-state index in [2.05, 4.69) is 10.3 Å². The average Bonchev–Trinajstić information content (AvgIpc) is 3.01. The van der Waals surface area contributed by atoms with E-state index in [9.17, 15) is 13.2 Å². The summed E-state index contributed by atoms with van der Waals surface area (Å²) in [6, 6.07) is 12.8. The van der Waals surface area contributed by atoms with Crippen LogP contribution in [0.4, 0.5) is 0 Å². The molecule has 0 radical (unpaired) electrons. The van der Waals surface area contributed by atoms with E-state index in [1.54, 1.807) is 18.2 Å². The Bertz CT molecular complexity index is 1180. The van der Waals surface area contributed by atoms with Crippen molar-refractivity contribution in [2.24, 2.45) is 7.05 Å². The van der Waals surface area contributed by atoms with Crippen molar-refractivity contribution < 1.29 is 13.2 Å². The Balaban J connectivity index is 1.72. The van der Waals surface area contributed by atoms with E-state index in [0.717, 1.165) is 22.5 Å². The van der Waals surface area contributed by atoms with Gasteiger partial charge >= 0.3 is 0 Å². The molecule has 1 amide bonds. The van der Waals surface area contributed by atoms with E-state index in [-0.39, 0.29) is 16.8 Å². The standard InChI is InChI=1S/C22H28N4O3S/c1-15-8-6-7-9-18(15)16(2)23-22(27)13-12-21-24-19-14-17(30(28,29)25(3)4)10-11-20(19)26(21)5/h6-11,14,16H,12-13H2,1-5H3,(H,23,27)/t16-/m0/s1. The highest BCUT2D eigenvalue weighted by Crippen LogP contribution is 2.22. The molecular formula is C22H28N4O3S. The highest BCUT2D eigenvalue weighted by atomic mass is 32.2. The highest BCUT2D eigenvalue weighted by Gasteiger charge is 2.19. The summed E-state index contributed by atoms with van der Waals surface area (Å²) in [5.74, 6) is 0.691. The van der Waals surface area contributed by atoms with Crippen molar-refractivity contribution in [1.29, 1.82) is 0 Å². The summed E-state index contributed by atoms with van der Waals surface area (Å²) in [7, 11) is 1.35. The fourth-order valence-corrected chi connectivity index (χ4v) is 4.44. The summed E-state index contributed by atoms with van der Waals surface area (Å²) in [5, 5.41) is 3.04. The number of aromatic nitrogens is 2. The first-order valence-corrected chi connectivity index (χ1v) is 11.3. The van der Waals surface area contributed by atoms with Crippen LogP contribution in [0.3, 0.4) is 0 Å². The minimum Gasteiger partial charge on any atom is -0.350 e. The predicted molar refractivity (Wildman–Crippen MR) is 118 cm³/mol. The molecule has 3 rings (SSSR count). The number of hydrogen-bond donors (Lipinski definition) is 1. The largest absolute Gasteiger partial charge is 0.350 e. The summed E-state index contributed by atoms with van der Waals surface area (Å²) >= 11 is 0. The molecule has 7 nitrogen and oxygen atoms in total. The van der Waals surface area contributed by atoms with Gasteiger partial charge in [0.25, 0.3) is 0 Å². The fraction of sp³-hybridized carbons (Fsp3) is 0.364. The monoisotopic (exact) mass is 428 g/mol. The fourth-order valence-electron chi connectivity index (χ4n) is 3.51. The second-order valence-corrected chi connectivity index (χ2v) is 9.82. The molecule has 1 atom stereocenters. The maximum absolute atomic E-state index is 12.5. The van der Waals surface area contributed by atoms with E-state index in [4.69, 9.17) is 0 Å². The molecular weight excluding hydrogens is 400 g/mol. The molecule has 0 aliphatic carbocycles. The number of carbonyl (C=O) groups excluding carboxylic acids is 1. The molecule has 30 heavy (non-hydrogen) atoms. The van der Waals surface area contributed by atoms with Crippen LogP contribution in [0.5, 0.6) is 0 Å². The maximum atomic E-state index is 12.5. The van der Waals surface area contributed by atoms with Gasteiger partial charge in [0.1, 0.15) is 5.82 Å². The maximum Gasteiger partial charge on any atom is 0.242 e. The molecule has 160 valence electrons. The number of amides is 1. The number of fused-ring (bicyclic) bond motifs is 1. The van der Waals surface area contributed by atoms with Gasteiger partial charge in [0, 0.05) is 34.0 Å². The Morgan fingerprint density at radius 2 is 1.90 bits per heavy atom. The minimum atomic E-state index is -3.52. The molecule has 1 heterocycles. The number of hydrogen-bond acceptors (Lipinski definition) is 4. The van der Waals surface area contributed by atoms with Crippen LogP contribution in [-0.2, 0) is 28.3 Å². The second kappa shape index (κ2) is 8.57. The minimum absolute atomic E-state index is 0.0475. The zero-order valence-electron chi connectivity index (χ0n) is 18.0. The second-order valence-electron chi connectivity index (χ2n) is 7.67. The van der Waals surface area contributed by atoms with Gasteiger partial charge in [-0.2, -0.15) is 0 Å². The molecule has 0 fully saturated rings. The number of aryl methyl sites for hydroxylation is 3. The average molecular weight is 429 g/mol. The molecule has 2 aromatic carbocycles. The molecule has 8 heteroatoms. The molecule has 0 aliphatic heterocycles. The lowest BCUT2D eigenvalue weighted by atomic mass is 10.0. The van der Waals surface area contributed by atoms with Crippen molar-refractivity contribution in [1.82, 2.24) is 19.2 Å². The zero-order valence-corrected chi connectivity index (χ0v) is 18.8. The predicted octanol–water partition coefficient (Wildman–Crippen LogP) is 2.94. The van der Waals surface area contributed by atoms with Crippen molar-refractivity contribution in [2.45, 2.75) is 37.6 Å². The van der Waals surface area contributed by atoms with Crippen LogP contribution in [0.2, 0.25) is 0 Å². The van der Waals surface area contributed by atoms with Gasteiger partial charge in [0.15, 0.2) is 0 Å². The van der Waals surface area contributed by atoms with E-state index in [0.29, 0.717) is 18.4 Å². The van der Waals surface area contributed by atoms with Gasteiger partial charge in [-0.1, -0.05) is 24.3 Å². The summed E-state index contributed by atoms with van der Waals surface area (Å²) < 4.78 is 27.8. The van der Waals surface area contributed by atoms with Crippen LogP contribution in [0.25, 0.3) is 11.0 Å². The molecule has 0 spiro atoms. The first-order valence-electron chi connectivity index (χ1n) is 9.84. The number of nitrogens with one attached hydrogen (secondary N) is 1. The molecule has 0 aliphatic rings. The molecule has 0 saturated heterocycles. The lowest BCUT2D eigenvalue weighted by Crippen LogP contribution is -2.27. The van der Waals surface area contributed by atoms with Crippen LogP contribution in [-0.4, -0.2) is 42.3 Å². The SMILES string of the molecule is Cc1ccccc1[C@H](C)NC(=O)CCc1nc2cc(S(=O)(=O)N(C)C)ccc2n1C. The van der Waals surface area contributed by atoms with Crippen molar-refractivity contribution >= 4 is 27.0 Å². The Morgan fingerprint density at radius 1 is 1.20 bits per heavy atom. The van der Waals surface area contributed by atoms with Crippen molar-refractivity contribution in [3.05, 3.63) is 59.4 Å². The normalized spacial score (nSPS) is 13.0. The molecule has 0 unspecified atom stereocenters. The van der Waals surface area contributed by atoms with Gasteiger partial charge in [-0.25, -0.2) is 17.7 Å². The number of rotatable bonds is 7. The van der Waals surface area contributed by atoms with E-state index < -0.39 is 10.0 Å². The van der Waals surface area contributed by atoms with Crippen LogP contribution in [0, 0.1) is 6.92 Å². The van der Waals surface area contributed by atoms with Gasteiger partial charge in [-0.15, -0.1) is 0 Å². The first-order chi connectivity index (χ1) is 14.1. The van der Waals surface area contributed by atoms with Crippen molar-refractivity contribution in [2.75, 3.05) is 14.1 Å². The van der Waals surface area contributed by atoms with Crippen molar-refractivity contribution in [3.63, 3.8) is 0 Å². The number of benzene rings is 2. The number of sulfonamides is 1. The molecule has 0 saturated carbocycles. The molecule has 0 bridgehead atoms. The van der Waals surface area contributed by atoms with Crippen molar-refractivity contribution in [3.8, 4) is 0 Å². The summed E-state index contributed by atoms with van der Waals surface area (Å²) in [6.45, 7) is 4.00. The quantitative estimate of drug-likeness (QED) is 0.627. The van der Waals surface area contributed by atoms with Gasteiger partial charge in [-0.3, -0.25) is 4.79 Å². The lowest BCUT2D eigenvalue weighted by Gasteiger charge is -2.16. The Labute approximate surface area is 177 Å². The van der Waals surface area contributed by atoms with Crippen LogP contribution in [0.15, 0.2) is 47.4 Å². The summed E-state index contributed by atoms with van der Waals surface area (Å²) in [6.07, 6.45) is 0.767. The van der Waals surface area contributed by atoms with Crippen LogP contribution in [0.1, 0.15) is 36.3 Å².